The van der Waals surface area contributed by atoms with Crippen LogP contribution in [0.4, 0.5) is 0 Å². The topological polar surface area (TPSA) is 75.3 Å². The molecule has 0 aromatic carbocycles. The minimum atomic E-state index is -0.214. The minimum absolute atomic E-state index is 0.214. The summed E-state index contributed by atoms with van der Waals surface area (Å²) in [7, 11) is 0. The van der Waals surface area contributed by atoms with Crippen molar-refractivity contribution in [3.05, 3.63) is 29.4 Å². The molecular formula is C14H17ClN4O2. The number of hydrogen-bond acceptors (Lipinski definition) is 6. The van der Waals surface area contributed by atoms with Gasteiger partial charge in [0.25, 0.3) is 0 Å². The summed E-state index contributed by atoms with van der Waals surface area (Å²) in [6.07, 6.45) is 2.18. The highest BCUT2D eigenvalue weighted by Crippen LogP contribution is 2.24. The quantitative estimate of drug-likeness (QED) is 0.874. The van der Waals surface area contributed by atoms with Crippen molar-refractivity contribution in [2.24, 2.45) is 5.92 Å². The standard InChI is InChI=1S/C14H17ClN4O2/c1-9-7-19(6-4-11(9)20)8-12-17-14(18-21-12)10-3-2-5-16-13(10)15/h2-3,5,9,11,20H,4,6-8H2,1H3/t9-,11-/m1/s1. The largest absolute Gasteiger partial charge is 0.393 e. The lowest BCUT2D eigenvalue weighted by Gasteiger charge is -2.33. The number of aliphatic hydroxyl groups is 1. The fourth-order valence-electron chi connectivity index (χ4n) is 2.54. The van der Waals surface area contributed by atoms with Crippen molar-refractivity contribution >= 4 is 11.6 Å². The summed E-state index contributed by atoms with van der Waals surface area (Å²) in [6, 6.07) is 3.59. The van der Waals surface area contributed by atoms with Crippen LogP contribution in [0.3, 0.4) is 0 Å². The molecule has 7 heteroatoms. The van der Waals surface area contributed by atoms with Gasteiger partial charge < -0.3 is 9.63 Å². The molecule has 1 aliphatic rings. The van der Waals surface area contributed by atoms with Gasteiger partial charge in [-0.3, -0.25) is 4.90 Å². The molecule has 0 unspecified atom stereocenters. The summed E-state index contributed by atoms with van der Waals surface area (Å²) >= 11 is 6.02. The number of piperidine rings is 1. The van der Waals surface area contributed by atoms with Gasteiger partial charge in [0, 0.05) is 19.3 Å². The van der Waals surface area contributed by atoms with E-state index in [4.69, 9.17) is 16.1 Å². The van der Waals surface area contributed by atoms with Crippen LogP contribution in [0.15, 0.2) is 22.9 Å². The van der Waals surface area contributed by atoms with Crippen LogP contribution in [0, 0.1) is 5.92 Å². The van der Waals surface area contributed by atoms with Crippen molar-refractivity contribution in [2.75, 3.05) is 13.1 Å². The van der Waals surface area contributed by atoms with Crippen LogP contribution in [-0.2, 0) is 6.54 Å². The Labute approximate surface area is 127 Å². The Morgan fingerprint density at radius 2 is 2.38 bits per heavy atom. The maximum atomic E-state index is 9.75. The highest BCUT2D eigenvalue weighted by atomic mass is 35.5. The van der Waals surface area contributed by atoms with Crippen molar-refractivity contribution in [2.45, 2.75) is 26.0 Å². The molecule has 1 saturated heterocycles. The molecule has 112 valence electrons. The van der Waals surface area contributed by atoms with Gasteiger partial charge in [-0.05, 0) is 24.5 Å². The lowest BCUT2D eigenvalue weighted by molar-refractivity contribution is 0.0282. The summed E-state index contributed by atoms with van der Waals surface area (Å²) in [5.41, 5.74) is 0.664. The molecule has 1 fully saturated rings. The van der Waals surface area contributed by atoms with Crippen LogP contribution in [-0.4, -0.2) is 44.3 Å². The third kappa shape index (κ3) is 3.23. The van der Waals surface area contributed by atoms with Gasteiger partial charge >= 0.3 is 0 Å². The first-order chi connectivity index (χ1) is 10.1. The first kappa shape index (κ1) is 14.4. The fourth-order valence-corrected chi connectivity index (χ4v) is 2.74. The molecule has 2 aromatic heterocycles. The molecule has 3 heterocycles. The molecule has 6 nitrogen and oxygen atoms in total. The zero-order valence-corrected chi connectivity index (χ0v) is 12.5. The van der Waals surface area contributed by atoms with Crippen molar-refractivity contribution in [1.29, 1.82) is 0 Å². The third-order valence-electron chi connectivity index (χ3n) is 3.77. The number of aliphatic hydroxyl groups excluding tert-OH is 1. The van der Waals surface area contributed by atoms with Crippen molar-refractivity contribution < 1.29 is 9.63 Å². The molecule has 2 aromatic rings. The Hall–Kier alpha value is -1.50. The lowest BCUT2D eigenvalue weighted by atomic mass is 9.97. The maximum Gasteiger partial charge on any atom is 0.241 e. The first-order valence-corrected chi connectivity index (χ1v) is 7.35. The normalized spacial score (nSPS) is 23.4. The van der Waals surface area contributed by atoms with E-state index >= 15 is 0 Å². The molecule has 0 spiro atoms. The van der Waals surface area contributed by atoms with Crippen LogP contribution in [0.1, 0.15) is 19.2 Å². The molecule has 2 atom stereocenters. The molecule has 0 saturated carbocycles. The Morgan fingerprint density at radius 1 is 1.52 bits per heavy atom. The number of rotatable bonds is 3. The number of nitrogens with zero attached hydrogens (tertiary/aromatic N) is 4. The van der Waals surface area contributed by atoms with Gasteiger partial charge in [0.15, 0.2) is 0 Å². The van der Waals surface area contributed by atoms with E-state index in [9.17, 15) is 5.11 Å². The molecule has 21 heavy (non-hydrogen) atoms. The van der Waals surface area contributed by atoms with Crippen LogP contribution < -0.4 is 0 Å². The number of hydrogen-bond donors (Lipinski definition) is 1. The van der Waals surface area contributed by atoms with E-state index in [-0.39, 0.29) is 12.0 Å². The number of likely N-dealkylation sites (tertiary alicyclic amines) is 1. The highest BCUT2D eigenvalue weighted by Gasteiger charge is 2.25. The predicted octanol–water partition coefficient (Wildman–Crippen LogP) is 1.99. The van der Waals surface area contributed by atoms with Crippen molar-refractivity contribution in [1.82, 2.24) is 20.0 Å². The van der Waals surface area contributed by atoms with E-state index < -0.39 is 0 Å². The molecule has 0 bridgehead atoms. The second kappa shape index (κ2) is 6.09. The van der Waals surface area contributed by atoms with Crippen LogP contribution in [0.5, 0.6) is 0 Å². The van der Waals surface area contributed by atoms with Crippen LogP contribution in [0.2, 0.25) is 5.15 Å². The summed E-state index contributed by atoms with van der Waals surface area (Å²) in [6.45, 7) is 4.29. The van der Waals surface area contributed by atoms with Gasteiger partial charge in [0.05, 0.1) is 18.2 Å². The predicted molar refractivity (Wildman–Crippen MR) is 77.6 cm³/mol. The van der Waals surface area contributed by atoms with Gasteiger partial charge in [-0.15, -0.1) is 0 Å². The van der Waals surface area contributed by atoms with E-state index in [0.717, 1.165) is 19.5 Å². The average molecular weight is 309 g/mol. The van der Waals surface area contributed by atoms with E-state index in [1.807, 2.05) is 13.0 Å². The monoisotopic (exact) mass is 308 g/mol. The van der Waals surface area contributed by atoms with Crippen LogP contribution in [0.25, 0.3) is 11.4 Å². The number of halogens is 1. The molecule has 0 radical (unpaired) electrons. The number of pyridine rings is 1. The van der Waals surface area contributed by atoms with E-state index in [1.165, 1.54) is 0 Å². The zero-order valence-electron chi connectivity index (χ0n) is 11.7. The van der Waals surface area contributed by atoms with Crippen molar-refractivity contribution in [3.63, 3.8) is 0 Å². The average Bonchev–Trinajstić information content (AvgIpc) is 2.92. The minimum Gasteiger partial charge on any atom is -0.393 e. The first-order valence-electron chi connectivity index (χ1n) is 6.97. The molecule has 0 aliphatic carbocycles. The van der Waals surface area contributed by atoms with Crippen molar-refractivity contribution in [3.8, 4) is 11.4 Å². The molecular weight excluding hydrogens is 292 g/mol. The fraction of sp³-hybridized carbons (Fsp3) is 0.500. The zero-order chi connectivity index (χ0) is 14.8. The molecule has 3 rings (SSSR count). The smallest absolute Gasteiger partial charge is 0.241 e. The van der Waals surface area contributed by atoms with E-state index in [1.54, 1.807) is 12.3 Å². The van der Waals surface area contributed by atoms with Gasteiger partial charge in [-0.25, -0.2) is 4.98 Å². The Kier molecular flexibility index (Phi) is 4.19. The SMILES string of the molecule is C[C@@H]1CN(Cc2nc(-c3cccnc3Cl)no2)CC[C@H]1O. The molecule has 1 N–H and O–H groups in total. The second-order valence-corrected chi connectivity index (χ2v) is 5.78. The Bertz CT molecular complexity index is 619. The lowest BCUT2D eigenvalue weighted by Crippen LogP contribution is -2.41. The van der Waals surface area contributed by atoms with E-state index in [2.05, 4.69) is 20.0 Å². The van der Waals surface area contributed by atoms with Gasteiger partial charge in [-0.2, -0.15) is 4.98 Å². The number of aromatic nitrogens is 3. The Balaban J connectivity index is 1.70. The maximum absolute atomic E-state index is 9.75. The molecule has 1 aliphatic heterocycles. The Morgan fingerprint density at radius 3 is 3.14 bits per heavy atom. The van der Waals surface area contributed by atoms with Gasteiger partial charge in [-0.1, -0.05) is 23.7 Å². The van der Waals surface area contributed by atoms with Gasteiger partial charge in [0.2, 0.25) is 11.7 Å². The second-order valence-electron chi connectivity index (χ2n) is 5.42. The summed E-state index contributed by atoms with van der Waals surface area (Å²) in [5, 5.41) is 14.1. The van der Waals surface area contributed by atoms with E-state index in [0.29, 0.717) is 29.0 Å². The van der Waals surface area contributed by atoms with Crippen LogP contribution >= 0.6 is 11.6 Å². The highest BCUT2D eigenvalue weighted by molar-refractivity contribution is 6.31. The molecule has 0 amide bonds. The third-order valence-corrected chi connectivity index (χ3v) is 4.07. The van der Waals surface area contributed by atoms with Gasteiger partial charge in [0.1, 0.15) is 5.15 Å². The summed E-state index contributed by atoms with van der Waals surface area (Å²) < 4.78 is 5.29. The summed E-state index contributed by atoms with van der Waals surface area (Å²) in [5.74, 6) is 1.26. The summed E-state index contributed by atoms with van der Waals surface area (Å²) in [4.78, 5) is 10.6.